The molecule has 0 fully saturated rings. The molecule has 0 saturated heterocycles. The third-order valence-electron chi connectivity index (χ3n) is 16.0. The second-order valence-electron chi connectivity index (χ2n) is 25.4. The summed E-state index contributed by atoms with van der Waals surface area (Å²) < 4.78 is 68.2. The number of esters is 4. The number of phosphoric acid groups is 2. The van der Waals surface area contributed by atoms with Gasteiger partial charge in [-0.15, -0.1) is 0 Å². The first-order chi connectivity index (χ1) is 42.5. The number of hydrogen-bond acceptors (Lipinski definition) is 15. The van der Waals surface area contributed by atoms with Crippen LogP contribution in [-0.2, 0) is 65.4 Å². The third-order valence-corrected chi connectivity index (χ3v) is 17.9. The number of unbranched alkanes of at least 4 members (excludes halogenated alkanes) is 41. The zero-order chi connectivity index (χ0) is 64.9. The molecule has 0 amide bonds. The third kappa shape index (κ3) is 62.8. The predicted molar refractivity (Wildman–Crippen MR) is 354 cm³/mol. The second-order valence-corrected chi connectivity index (χ2v) is 28.3. The quantitative estimate of drug-likeness (QED) is 0.0222. The number of aliphatic hydroxyl groups excluding tert-OH is 1. The topological polar surface area (TPSA) is 237 Å². The summed E-state index contributed by atoms with van der Waals surface area (Å²) in [5.74, 6) is -1.35. The van der Waals surface area contributed by atoms with Crippen LogP contribution in [0.15, 0.2) is 0 Å². The summed E-state index contributed by atoms with van der Waals surface area (Å²) in [5.41, 5.74) is 0. The number of carbonyl (C=O) groups is 4. The predicted octanol–water partition coefficient (Wildman–Crippen LogP) is 19.7. The number of phosphoric ester groups is 2. The van der Waals surface area contributed by atoms with E-state index in [4.69, 9.17) is 37.0 Å². The molecule has 0 aliphatic heterocycles. The molecule has 5 atom stereocenters. The zero-order valence-electron chi connectivity index (χ0n) is 56.9. The van der Waals surface area contributed by atoms with E-state index in [2.05, 4.69) is 34.6 Å². The van der Waals surface area contributed by atoms with Crippen molar-refractivity contribution in [2.45, 2.75) is 374 Å². The minimum absolute atomic E-state index is 0.106. The monoisotopic (exact) mass is 1300 g/mol. The normalized spacial score (nSPS) is 14.1. The molecule has 0 bridgehead atoms. The van der Waals surface area contributed by atoms with E-state index in [0.29, 0.717) is 25.7 Å². The molecule has 0 aromatic rings. The van der Waals surface area contributed by atoms with Crippen LogP contribution in [-0.4, -0.2) is 96.7 Å². The molecule has 0 aliphatic rings. The molecule has 0 aliphatic carbocycles. The van der Waals surface area contributed by atoms with Crippen molar-refractivity contribution in [2.24, 2.45) is 5.92 Å². The van der Waals surface area contributed by atoms with Crippen molar-refractivity contribution in [1.29, 1.82) is 0 Å². The maximum absolute atomic E-state index is 13.0. The second kappa shape index (κ2) is 62.5. The van der Waals surface area contributed by atoms with Gasteiger partial charge in [0, 0.05) is 25.7 Å². The lowest BCUT2D eigenvalue weighted by Gasteiger charge is -2.21. The van der Waals surface area contributed by atoms with E-state index in [1.54, 1.807) is 0 Å². The Balaban J connectivity index is 5.21. The van der Waals surface area contributed by atoms with Crippen molar-refractivity contribution in [1.82, 2.24) is 0 Å². The van der Waals surface area contributed by atoms with Gasteiger partial charge in [0.2, 0.25) is 0 Å². The Kier molecular flexibility index (Phi) is 61.1. The molecule has 0 radical (unpaired) electrons. The van der Waals surface area contributed by atoms with Crippen LogP contribution >= 0.6 is 15.6 Å². The molecule has 88 heavy (non-hydrogen) atoms. The first-order valence-corrected chi connectivity index (χ1v) is 39.1. The Hall–Kier alpha value is -1.94. The van der Waals surface area contributed by atoms with Crippen LogP contribution in [0.4, 0.5) is 0 Å². The Morgan fingerprint density at radius 1 is 0.307 bits per heavy atom. The largest absolute Gasteiger partial charge is 0.472 e. The van der Waals surface area contributed by atoms with Gasteiger partial charge in [-0.05, 0) is 31.6 Å². The van der Waals surface area contributed by atoms with Gasteiger partial charge >= 0.3 is 39.5 Å². The minimum Gasteiger partial charge on any atom is -0.462 e. The standard InChI is InChI=1S/C69H134O17P2/c1-6-9-12-15-18-21-22-23-24-25-26-29-35-40-45-50-55-69(74)86-65(59-80-67(72)53-48-43-38-34-30-27-28-33-36-41-46-51-62(4)5)61-84-88(77,78)82-57-63(70)56-81-87(75,76)83-60-64(85-68(73)54-49-44-39-32-20-17-14-11-8-3)58-79-66(71)52-47-42-37-31-19-16-13-10-7-2/h62-65,70H,6-61H2,1-5H3,(H,75,76)(H,77,78)/t63-,64+,65+/m0/s1. The highest BCUT2D eigenvalue weighted by atomic mass is 31.2. The number of hydrogen-bond donors (Lipinski definition) is 3. The lowest BCUT2D eigenvalue weighted by atomic mass is 10.0. The maximum atomic E-state index is 13.0. The van der Waals surface area contributed by atoms with Crippen molar-refractivity contribution in [3.8, 4) is 0 Å². The molecule has 0 saturated carbocycles. The summed E-state index contributed by atoms with van der Waals surface area (Å²) in [6.07, 6.45) is 48.5. The first kappa shape index (κ1) is 86.1. The van der Waals surface area contributed by atoms with Crippen LogP contribution in [0.2, 0.25) is 0 Å². The van der Waals surface area contributed by atoms with Crippen LogP contribution in [0.3, 0.4) is 0 Å². The zero-order valence-corrected chi connectivity index (χ0v) is 58.6. The van der Waals surface area contributed by atoms with Crippen molar-refractivity contribution < 1.29 is 80.2 Å². The fourth-order valence-corrected chi connectivity index (χ4v) is 12.0. The average Bonchev–Trinajstić information content (AvgIpc) is 3.57. The summed E-state index contributed by atoms with van der Waals surface area (Å²) in [6, 6.07) is 0. The molecule has 2 unspecified atom stereocenters. The molecular weight excluding hydrogens is 1160 g/mol. The highest BCUT2D eigenvalue weighted by molar-refractivity contribution is 7.47. The van der Waals surface area contributed by atoms with Gasteiger partial charge in [0.1, 0.15) is 19.3 Å². The number of carbonyl (C=O) groups excluding carboxylic acids is 4. The Morgan fingerprint density at radius 2 is 0.523 bits per heavy atom. The van der Waals surface area contributed by atoms with Crippen molar-refractivity contribution >= 4 is 39.5 Å². The molecular formula is C69H134O17P2. The van der Waals surface area contributed by atoms with Gasteiger partial charge in [-0.2, -0.15) is 0 Å². The van der Waals surface area contributed by atoms with E-state index in [-0.39, 0.29) is 25.7 Å². The van der Waals surface area contributed by atoms with Crippen molar-refractivity contribution in [3.63, 3.8) is 0 Å². The fraction of sp³-hybridized carbons (Fsp3) is 0.942. The van der Waals surface area contributed by atoms with E-state index in [9.17, 15) is 43.2 Å². The van der Waals surface area contributed by atoms with Gasteiger partial charge in [0.15, 0.2) is 12.2 Å². The van der Waals surface area contributed by atoms with Gasteiger partial charge in [-0.3, -0.25) is 37.3 Å². The van der Waals surface area contributed by atoms with E-state index in [0.717, 1.165) is 95.8 Å². The molecule has 17 nitrogen and oxygen atoms in total. The number of rotatable bonds is 69. The van der Waals surface area contributed by atoms with Crippen LogP contribution in [0, 0.1) is 5.92 Å². The lowest BCUT2D eigenvalue weighted by Crippen LogP contribution is -2.30. The Labute approximate surface area is 537 Å². The van der Waals surface area contributed by atoms with Gasteiger partial charge in [-0.25, -0.2) is 9.13 Å². The average molecular weight is 1300 g/mol. The first-order valence-electron chi connectivity index (χ1n) is 36.1. The molecule has 19 heteroatoms. The Bertz CT molecular complexity index is 1700. The minimum atomic E-state index is -4.95. The highest BCUT2D eigenvalue weighted by Gasteiger charge is 2.30. The molecule has 0 heterocycles. The van der Waals surface area contributed by atoms with Gasteiger partial charge in [-0.1, -0.05) is 304 Å². The summed E-state index contributed by atoms with van der Waals surface area (Å²) in [6.45, 7) is 7.22. The molecule has 0 rings (SSSR count). The summed E-state index contributed by atoms with van der Waals surface area (Å²) in [5, 5.41) is 10.6. The van der Waals surface area contributed by atoms with Gasteiger partial charge in [0.05, 0.1) is 26.4 Å². The summed E-state index contributed by atoms with van der Waals surface area (Å²) in [7, 11) is -9.89. The van der Waals surface area contributed by atoms with Gasteiger partial charge < -0.3 is 33.8 Å². The Morgan fingerprint density at radius 3 is 0.773 bits per heavy atom. The van der Waals surface area contributed by atoms with Crippen LogP contribution in [0.5, 0.6) is 0 Å². The van der Waals surface area contributed by atoms with Crippen molar-refractivity contribution in [2.75, 3.05) is 39.6 Å². The van der Waals surface area contributed by atoms with E-state index < -0.39 is 97.5 Å². The smallest absolute Gasteiger partial charge is 0.462 e. The van der Waals surface area contributed by atoms with Crippen LogP contribution in [0.1, 0.15) is 356 Å². The van der Waals surface area contributed by atoms with E-state index >= 15 is 0 Å². The summed E-state index contributed by atoms with van der Waals surface area (Å²) in [4.78, 5) is 72.4. The highest BCUT2D eigenvalue weighted by Crippen LogP contribution is 2.45. The molecule has 0 spiro atoms. The molecule has 0 aromatic carbocycles. The molecule has 3 N–H and O–H groups in total. The number of aliphatic hydroxyl groups is 1. The molecule has 0 aromatic heterocycles. The van der Waals surface area contributed by atoms with Crippen molar-refractivity contribution in [3.05, 3.63) is 0 Å². The lowest BCUT2D eigenvalue weighted by molar-refractivity contribution is -0.161. The number of ether oxygens (including phenoxy) is 4. The maximum Gasteiger partial charge on any atom is 0.472 e. The van der Waals surface area contributed by atoms with Crippen LogP contribution < -0.4 is 0 Å². The summed E-state index contributed by atoms with van der Waals surface area (Å²) >= 11 is 0. The SMILES string of the molecule is CCCCCCCCCCCCCCCCCCC(=O)O[C@H](COC(=O)CCCCCCCCCCCCCC(C)C)COP(=O)(O)OC[C@@H](O)COP(=O)(O)OC[C@@H](COC(=O)CCCCCCCCCCC)OC(=O)CCCCCCCCCCC. The van der Waals surface area contributed by atoms with Gasteiger partial charge in [0.25, 0.3) is 0 Å². The van der Waals surface area contributed by atoms with E-state index in [1.165, 1.54) is 180 Å². The van der Waals surface area contributed by atoms with E-state index in [1.807, 2.05) is 0 Å². The van der Waals surface area contributed by atoms with Crippen LogP contribution in [0.25, 0.3) is 0 Å². The molecule has 522 valence electrons. The fourth-order valence-electron chi connectivity index (χ4n) is 10.5.